The first-order chi connectivity index (χ1) is 15.3. The second kappa shape index (κ2) is 28.0. The molecule has 0 aromatic rings. The molecular weight excluding hydrogens is 376 g/mol. The van der Waals surface area contributed by atoms with Crippen LogP contribution in [0.5, 0.6) is 0 Å². The lowest BCUT2D eigenvalue weighted by atomic mass is 9.94. The highest BCUT2D eigenvalue weighted by atomic mass is 16.5. The Morgan fingerprint density at radius 2 is 0.710 bits per heavy atom. The van der Waals surface area contributed by atoms with Gasteiger partial charge in [0.2, 0.25) is 0 Å². The fourth-order valence-corrected chi connectivity index (χ4v) is 4.68. The van der Waals surface area contributed by atoms with Gasteiger partial charge in [0, 0.05) is 13.2 Å². The normalized spacial score (nSPS) is 12.5. The van der Waals surface area contributed by atoms with Crippen molar-refractivity contribution >= 4 is 0 Å². The molecule has 0 aliphatic rings. The highest BCUT2D eigenvalue weighted by Crippen LogP contribution is 2.20. The average molecular weight is 439 g/mol. The minimum absolute atomic E-state index is 0.820. The van der Waals surface area contributed by atoms with E-state index in [1.54, 1.807) is 0 Å². The van der Waals surface area contributed by atoms with Gasteiger partial charge in [-0.15, -0.1) is 0 Å². The molecule has 1 atom stereocenters. The summed E-state index contributed by atoms with van der Waals surface area (Å²) in [5, 5.41) is 0. The Labute approximate surface area is 198 Å². The maximum Gasteiger partial charge on any atom is 0.0494 e. The lowest BCUT2D eigenvalue weighted by Gasteiger charge is -2.17. The zero-order chi connectivity index (χ0) is 22.7. The summed E-state index contributed by atoms with van der Waals surface area (Å²) in [7, 11) is 0. The lowest BCUT2D eigenvalue weighted by Crippen LogP contribution is -2.11. The number of unbranched alkanes of at least 4 members (excludes halogenated alkanes) is 19. The molecule has 1 heteroatoms. The second-order valence-corrected chi connectivity index (χ2v) is 10.2. The van der Waals surface area contributed by atoms with Crippen molar-refractivity contribution in [2.75, 3.05) is 13.2 Å². The van der Waals surface area contributed by atoms with E-state index in [9.17, 15) is 0 Å². The molecule has 0 spiro atoms. The molecule has 0 rings (SSSR count). The van der Waals surface area contributed by atoms with Crippen LogP contribution in [0.15, 0.2) is 0 Å². The van der Waals surface area contributed by atoms with Crippen molar-refractivity contribution < 1.29 is 4.74 Å². The highest BCUT2D eigenvalue weighted by Gasteiger charge is 2.09. The van der Waals surface area contributed by atoms with Crippen molar-refractivity contribution in [2.24, 2.45) is 5.92 Å². The molecule has 0 heterocycles. The van der Waals surface area contributed by atoms with Gasteiger partial charge in [-0.3, -0.25) is 0 Å². The van der Waals surface area contributed by atoms with E-state index in [1.807, 2.05) is 0 Å². The van der Waals surface area contributed by atoms with Crippen molar-refractivity contribution in [1.82, 2.24) is 0 Å². The molecule has 0 aliphatic heterocycles. The molecule has 0 aromatic heterocycles. The quantitative estimate of drug-likeness (QED) is 0.116. The van der Waals surface area contributed by atoms with Crippen LogP contribution in [0.2, 0.25) is 0 Å². The van der Waals surface area contributed by atoms with Crippen molar-refractivity contribution in [2.45, 2.75) is 175 Å². The Balaban J connectivity index is 3.78. The van der Waals surface area contributed by atoms with Crippen LogP contribution in [0.4, 0.5) is 0 Å². The maximum absolute atomic E-state index is 6.16. The number of hydrogen-bond donors (Lipinski definition) is 0. The Kier molecular flexibility index (Phi) is 28.0. The van der Waals surface area contributed by atoms with Gasteiger partial charge in [-0.1, -0.05) is 156 Å². The van der Waals surface area contributed by atoms with Crippen LogP contribution in [0, 0.1) is 5.92 Å². The third-order valence-electron chi connectivity index (χ3n) is 6.93. The predicted octanol–water partition coefficient (Wildman–Crippen LogP) is 11.0. The molecule has 0 fully saturated rings. The first-order valence-electron chi connectivity index (χ1n) is 14.9. The van der Waals surface area contributed by atoms with E-state index in [0.29, 0.717) is 0 Å². The third kappa shape index (κ3) is 26.1. The average Bonchev–Trinajstić information content (AvgIpc) is 2.78. The summed E-state index contributed by atoms with van der Waals surface area (Å²) < 4.78 is 6.16. The molecule has 0 aliphatic carbocycles. The molecule has 1 nitrogen and oxygen atoms in total. The van der Waals surface area contributed by atoms with Crippen molar-refractivity contribution in [3.8, 4) is 0 Å². The van der Waals surface area contributed by atoms with Gasteiger partial charge < -0.3 is 4.74 Å². The minimum atomic E-state index is 0.820. The van der Waals surface area contributed by atoms with Gasteiger partial charge in [0.1, 0.15) is 0 Å². The van der Waals surface area contributed by atoms with Crippen LogP contribution in [0.3, 0.4) is 0 Å². The standard InChI is InChI=1S/C30H62O/c1-4-7-10-13-16-18-21-24-27-30(26-23-20-15-12-9-6-3)29-31-28-25-22-19-17-14-11-8-5-2/h30H,4-29H2,1-3H3. The topological polar surface area (TPSA) is 9.23 Å². The summed E-state index contributed by atoms with van der Waals surface area (Å²) in [6, 6.07) is 0. The van der Waals surface area contributed by atoms with Crippen molar-refractivity contribution in [1.29, 1.82) is 0 Å². The Morgan fingerprint density at radius 1 is 0.387 bits per heavy atom. The van der Waals surface area contributed by atoms with Crippen LogP contribution >= 0.6 is 0 Å². The molecule has 0 amide bonds. The van der Waals surface area contributed by atoms with Crippen LogP contribution in [-0.4, -0.2) is 13.2 Å². The third-order valence-corrected chi connectivity index (χ3v) is 6.93. The van der Waals surface area contributed by atoms with E-state index in [4.69, 9.17) is 4.74 Å². The summed E-state index contributed by atoms with van der Waals surface area (Å²) in [4.78, 5) is 0. The van der Waals surface area contributed by atoms with Gasteiger partial charge in [0.05, 0.1) is 0 Å². The fraction of sp³-hybridized carbons (Fsp3) is 1.00. The second-order valence-electron chi connectivity index (χ2n) is 10.2. The van der Waals surface area contributed by atoms with Gasteiger partial charge in [-0.05, 0) is 25.2 Å². The molecule has 0 aromatic carbocycles. The SMILES string of the molecule is CCCCCCCCCCOCC(CCCCCCCC)CCCCCCCCCC. The highest BCUT2D eigenvalue weighted by molar-refractivity contribution is 4.61. The van der Waals surface area contributed by atoms with Crippen molar-refractivity contribution in [3.63, 3.8) is 0 Å². The number of hydrogen-bond acceptors (Lipinski definition) is 1. The van der Waals surface area contributed by atoms with Crippen LogP contribution in [0.25, 0.3) is 0 Å². The summed E-state index contributed by atoms with van der Waals surface area (Å²) >= 11 is 0. The molecular formula is C30H62O. The van der Waals surface area contributed by atoms with Gasteiger partial charge in [-0.25, -0.2) is 0 Å². The van der Waals surface area contributed by atoms with Gasteiger partial charge in [0.25, 0.3) is 0 Å². The van der Waals surface area contributed by atoms with Crippen LogP contribution < -0.4 is 0 Å². The lowest BCUT2D eigenvalue weighted by molar-refractivity contribution is 0.0878. The number of ether oxygens (including phenoxy) is 1. The Hall–Kier alpha value is -0.0400. The monoisotopic (exact) mass is 438 g/mol. The maximum atomic E-state index is 6.16. The minimum Gasteiger partial charge on any atom is -0.381 e. The summed E-state index contributed by atoms with van der Waals surface area (Å²) in [6.45, 7) is 8.94. The molecule has 0 saturated carbocycles. The van der Waals surface area contributed by atoms with Gasteiger partial charge in [0.15, 0.2) is 0 Å². The largest absolute Gasteiger partial charge is 0.381 e. The van der Waals surface area contributed by atoms with E-state index in [2.05, 4.69) is 20.8 Å². The van der Waals surface area contributed by atoms with E-state index in [-0.39, 0.29) is 0 Å². The van der Waals surface area contributed by atoms with E-state index in [1.165, 1.54) is 154 Å². The van der Waals surface area contributed by atoms with E-state index < -0.39 is 0 Å². The molecule has 0 saturated heterocycles. The molecule has 0 N–H and O–H groups in total. The fourth-order valence-electron chi connectivity index (χ4n) is 4.68. The van der Waals surface area contributed by atoms with Crippen molar-refractivity contribution in [3.05, 3.63) is 0 Å². The first kappa shape index (κ1) is 31.0. The van der Waals surface area contributed by atoms with E-state index in [0.717, 1.165) is 19.1 Å². The molecule has 188 valence electrons. The molecule has 0 bridgehead atoms. The zero-order valence-electron chi connectivity index (χ0n) is 22.4. The Bertz CT molecular complexity index is 301. The first-order valence-corrected chi connectivity index (χ1v) is 14.9. The Morgan fingerprint density at radius 3 is 1.10 bits per heavy atom. The van der Waals surface area contributed by atoms with Gasteiger partial charge >= 0.3 is 0 Å². The smallest absolute Gasteiger partial charge is 0.0494 e. The zero-order valence-corrected chi connectivity index (χ0v) is 22.4. The molecule has 0 radical (unpaired) electrons. The molecule has 1 unspecified atom stereocenters. The summed E-state index contributed by atoms with van der Waals surface area (Å²) in [5.41, 5.74) is 0. The summed E-state index contributed by atoms with van der Waals surface area (Å²) in [6.07, 6.45) is 33.9. The molecule has 31 heavy (non-hydrogen) atoms. The summed E-state index contributed by atoms with van der Waals surface area (Å²) in [5.74, 6) is 0.820. The van der Waals surface area contributed by atoms with Crippen LogP contribution in [0.1, 0.15) is 175 Å². The van der Waals surface area contributed by atoms with E-state index >= 15 is 0 Å². The van der Waals surface area contributed by atoms with Crippen LogP contribution in [-0.2, 0) is 4.74 Å². The predicted molar refractivity (Wildman–Crippen MR) is 142 cm³/mol. The number of rotatable bonds is 27. The van der Waals surface area contributed by atoms with Gasteiger partial charge in [-0.2, -0.15) is 0 Å².